The predicted molar refractivity (Wildman–Crippen MR) is 97.3 cm³/mol. The van der Waals surface area contributed by atoms with Crippen LogP contribution in [0.2, 0.25) is 0 Å². The molecule has 1 amide bonds. The molecule has 2 aromatic heterocycles. The maximum atomic E-state index is 13.1. The van der Waals surface area contributed by atoms with Gasteiger partial charge in [0.05, 0.1) is 22.7 Å². The third-order valence-electron chi connectivity index (χ3n) is 4.67. The van der Waals surface area contributed by atoms with Crippen LogP contribution in [0.5, 0.6) is 5.75 Å². The molecule has 6 nitrogen and oxygen atoms in total. The van der Waals surface area contributed by atoms with Crippen LogP contribution in [0, 0.1) is 13.8 Å². The lowest BCUT2D eigenvalue weighted by Gasteiger charge is -2.37. The van der Waals surface area contributed by atoms with Gasteiger partial charge in [-0.2, -0.15) is 0 Å². The molecule has 1 aromatic carbocycles. The van der Waals surface area contributed by atoms with Gasteiger partial charge < -0.3 is 14.6 Å². The summed E-state index contributed by atoms with van der Waals surface area (Å²) in [5, 5.41) is 7.78. The molecular formula is C20H21N3O3. The van der Waals surface area contributed by atoms with Crippen LogP contribution in [0.15, 0.2) is 34.9 Å². The van der Waals surface area contributed by atoms with Crippen molar-refractivity contribution in [1.29, 1.82) is 0 Å². The molecule has 6 heteroatoms. The molecule has 4 rings (SSSR count). The number of para-hydroxylation sites is 1. The molecule has 3 aromatic rings. The lowest BCUT2D eigenvalue weighted by Crippen LogP contribution is -2.41. The highest BCUT2D eigenvalue weighted by molar-refractivity contribution is 6.06. The smallest absolute Gasteiger partial charge is 0.258 e. The van der Waals surface area contributed by atoms with Gasteiger partial charge in [0.15, 0.2) is 0 Å². The monoisotopic (exact) mass is 351 g/mol. The summed E-state index contributed by atoms with van der Waals surface area (Å²) >= 11 is 0. The Hall–Kier alpha value is -2.89. The maximum Gasteiger partial charge on any atom is 0.258 e. The highest BCUT2D eigenvalue weighted by Gasteiger charge is 2.34. The minimum absolute atomic E-state index is 0.133. The SMILES string of the molecule is Cc1cc(C(=O)NC2CC(C)(C)Oc3ccccc32)c2c(C)noc2n1. The Morgan fingerprint density at radius 1 is 1.27 bits per heavy atom. The molecule has 1 aliphatic heterocycles. The number of amides is 1. The lowest BCUT2D eigenvalue weighted by atomic mass is 9.89. The van der Waals surface area contributed by atoms with E-state index in [4.69, 9.17) is 9.26 Å². The van der Waals surface area contributed by atoms with Crippen LogP contribution in [0.25, 0.3) is 11.1 Å². The van der Waals surface area contributed by atoms with Gasteiger partial charge in [-0.1, -0.05) is 23.4 Å². The molecule has 0 spiro atoms. The summed E-state index contributed by atoms with van der Waals surface area (Å²) in [6.07, 6.45) is 0.686. The fourth-order valence-electron chi connectivity index (χ4n) is 3.56. The van der Waals surface area contributed by atoms with E-state index in [0.29, 0.717) is 34.5 Å². The number of aromatic nitrogens is 2. The Morgan fingerprint density at radius 3 is 2.85 bits per heavy atom. The van der Waals surface area contributed by atoms with Crippen LogP contribution in [-0.2, 0) is 0 Å². The van der Waals surface area contributed by atoms with Gasteiger partial charge in [-0.05, 0) is 39.8 Å². The third kappa shape index (κ3) is 2.81. The Balaban J connectivity index is 1.72. The van der Waals surface area contributed by atoms with Crippen LogP contribution in [0.1, 0.15) is 53.6 Å². The molecule has 3 heterocycles. The molecule has 1 aliphatic rings. The fraction of sp³-hybridized carbons (Fsp3) is 0.350. The Kier molecular flexibility index (Phi) is 3.72. The standard InChI is InChI=1S/C20H21N3O3/c1-11-9-14(17-12(2)23-26-19(17)21-11)18(24)22-15-10-20(3,4)25-16-8-6-5-7-13(15)16/h5-9,15H,10H2,1-4H3,(H,22,24). The molecule has 0 saturated heterocycles. The Morgan fingerprint density at radius 2 is 2.04 bits per heavy atom. The topological polar surface area (TPSA) is 77.2 Å². The minimum Gasteiger partial charge on any atom is -0.487 e. The maximum absolute atomic E-state index is 13.1. The highest BCUT2D eigenvalue weighted by Crippen LogP contribution is 2.39. The highest BCUT2D eigenvalue weighted by atomic mass is 16.5. The summed E-state index contributed by atoms with van der Waals surface area (Å²) in [5.74, 6) is 0.649. The molecule has 0 radical (unpaired) electrons. The summed E-state index contributed by atoms with van der Waals surface area (Å²) in [6, 6.07) is 9.47. The molecule has 26 heavy (non-hydrogen) atoms. The minimum atomic E-state index is -0.358. The number of carbonyl (C=O) groups excluding carboxylic acids is 1. The van der Waals surface area contributed by atoms with Gasteiger partial charge >= 0.3 is 0 Å². The number of carbonyl (C=O) groups is 1. The van der Waals surface area contributed by atoms with Crippen LogP contribution < -0.4 is 10.1 Å². The van der Waals surface area contributed by atoms with Gasteiger partial charge in [-0.15, -0.1) is 0 Å². The van der Waals surface area contributed by atoms with Crippen molar-refractivity contribution in [3.8, 4) is 5.75 Å². The summed E-state index contributed by atoms with van der Waals surface area (Å²) in [5.41, 5.74) is 2.93. The van der Waals surface area contributed by atoms with Crippen molar-refractivity contribution in [3.05, 3.63) is 52.8 Å². The van der Waals surface area contributed by atoms with Gasteiger partial charge in [0, 0.05) is 17.7 Å². The predicted octanol–water partition coefficient (Wildman–Crippen LogP) is 3.87. The van der Waals surface area contributed by atoms with E-state index in [1.54, 1.807) is 6.07 Å². The van der Waals surface area contributed by atoms with Gasteiger partial charge in [0.1, 0.15) is 11.4 Å². The van der Waals surface area contributed by atoms with E-state index in [2.05, 4.69) is 15.5 Å². The zero-order valence-electron chi connectivity index (χ0n) is 15.3. The molecule has 1 unspecified atom stereocenters. The average molecular weight is 351 g/mol. The van der Waals surface area contributed by atoms with Crippen LogP contribution in [0.4, 0.5) is 0 Å². The number of fused-ring (bicyclic) bond motifs is 2. The Bertz CT molecular complexity index is 1010. The molecule has 134 valence electrons. The quantitative estimate of drug-likeness (QED) is 0.758. The van der Waals surface area contributed by atoms with Crippen molar-refractivity contribution in [2.24, 2.45) is 0 Å². The number of hydrogen-bond acceptors (Lipinski definition) is 5. The number of benzene rings is 1. The average Bonchev–Trinajstić information content (AvgIpc) is 2.94. The van der Waals surface area contributed by atoms with Crippen molar-refractivity contribution < 1.29 is 14.1 Å². The molecule has 0 aliphatic carbocycles. The normalized spacial score (nSPS) is 18.2. The first-order valence-corrected chi connectivity index (χ1v) is 8.66. The number of hydrogen-bond donors (Lipinski definition) is 1. The van der Waals surface area contributed by atoms with Crippen molar-refractivity contribution in [1.82, 2.24) is 15.5 Å². The second kappa shape index (κ2) is 5.83. The van der Waals surface area contributed by atoms with E-state index in [1.807, 2.05) is 52.0 Å². The van der Waals surface area contributed by atoms with Crippen molar-refractivity contribution in [2.75, 3.05) is 0 Å². The molecule has 1 atom stereocenters. The van der Waals surface area contributed by atoms with Crippen LogP contribution in [-0.4, -0.2) is 21.6 Å². The zero-order chi connectivity index (χ0) is 18.5. The summed E-state index contributed by atoms with van der Waals surface area (Å²) < 4.78 is 11.3. The van der Waals surface area contributed by atoms with E-state index in [1.165, 1.54) is 0 Å². The molecular weight excluding hydrogens is 330 g/mol. The fourth-order valence-corrected chi connectivity index (χ4v) is 3.56. The van der Waals surface area contributed by atoms with E-state index in [0.717, 1.165) is 11.3 Å². The van der Waals surface area contributed by atoms with Crippen molar-refractivity contribution in [3.63, 3.8) is 0 Å². The van der Waals surface area contributed by atoms with Crippen molar-refractivity contribution >= 4 is 17.0 Å². The lowest BCUT2D eigenvalue weighted by molar-refractivity contribution is 0.0620. The van der Waals surface area contributed by atoms with Crippen LogP contribution in [0.3, 0.4) is 0 Å². The third-order valence-corrected chi connectivity index (χ3v) is 4.67. The zero-order valence-corrected chi connectivity index (χ0v) is 15.3. The van der Waals surface area contributed by atoms with Crippen molar-refractivity contribution in [2.45, 2.75) is 45.8 Å². The number of rotatable bonds is 2. The van der Waals surface area contributed by atoms with E-state index >= 15 is 0 Å². The summed E-state index contributed by atoms with van der Waals surface area (Å²) in [4.78, 5) is 17.4. The second-order valence-electron chi connectivity index (χ2n) is 7.39. The first-order valence-electron chi connectivity index (χ1n) is 8.66. The number of aryl methyl sites for hydroxylation is 2. The molecule has 0 saturated carbocycles. The van der Waals surface area contributed by atoms with E-state index in [-0.39, 0.29) is 17.6 Å². The van der Waals surface area contributed by atoms with Gasteiger partial charge in [-0.3, -0.25) is 4.79 Å². The number of nitrogens with one attached hydrogen (secondary N) is 1. The molecule has 1 N–H and O–H groups in total. The van der Waals surface area contributed by atoms with Gasteiger partial charge in [0.25, 0.3) is 11.6 Å². The van der Waals surface area contributed by atoms with Gasteiger partial charge in [-0.25, -0.2) is 4.98 Å². The van der Waals surface area contributed by atoms with E-state index in [9.17, 15) is 4.79 Å². The molecule has 0 fully saturated rings. The summed E-state index contributed by atoms with van der Waals surface area (Å²) in [6.45, 7) is 7.70. The second-order valence-corrected chi connectivity index (χ2v) is 7.39. The summed E-state index contributed by atoms with van der Waals surface area (Å²) in [7, 11) is 0. The largest absolute Gasteiger partial charge is 0.487 e. The Labute approximate surface area is 151 Å². The first kappa shape index (κ1) is 16.6. The number of nitrogens with zero attached hydrogens (tertiary/aromatic N) is 2. The van der Waals surface area contributed by atoms with Crippen LogP contribution >= 0.6 is 0 Å². The number of pyridine rings is 1. The first-order chi connectivity index (χ1) is 12.3. The molecule has 0 bridgehead atoms. The van der Waals surface area contributed by atoms with Gasteiger partial charge in [0.2, 0.25) is 0 Å². The number of ether oxygens (including phenoxy) is 1. The van der Waals surface area contributed by atoms with E-state index < -0.39 is 0 Å².